The standard InChI is InChI=1S/C14H20Br2N2O2S/c1-9-7-12(16)14(8-11(9)15)21(19,20)18-6-4-3-5-13(18)10(2)17/h7-8,10,13H,3-6,17H2,1-2H3. The van der Waals surface area contributed by atoms with Crippen LogP contribution in [0.15, 0.2) is 26.0 Å². The smallest absolute Gasteiger partial charge is 0.244 e. The van der Waals surface area contributed by atoms with Crippen LogP contribution in [-0.4, -0.2) is 31.4 Å². The maximum absolute atomic E-state index is 13.0. The Bertz CT molecular complexity index is 632. The molecule has 1 aromatic rings. The van der Waals surface area contributed by atoms with Gasteiger partial charge in [-0.25, -0.2) is 8.42 Å². The second kappa shape index (κ2) is 6.66. The first-order valence-electron chi connectivity index (χ1n) is 6.98. The van der Waals surface area contributed by atoms with Crippen molar-refractivity contribution in [1.82, 2.24) is 4.31 Å². The molecule has 0 bridgehead atoms. The maximum Gasteiger partial charge on any atom is 0.244 e. The Morgan fingerprint density at radius 1 is 1.29 bits per heavy atom. The molecule has 0 aromatic heterocycles. The van der Waals surface area contributed by atoms with Gasteiger partial charge in [-0.3, -0.25) is 0 Å². The zero-order valence-corrected chi connectivity index (χ0v) is 16.1. The normalized spacial score (nSPS) is 22.2. The number of piperidine rings is 1. The molecule has 0 amide bonds. The number of rotatable bonds is 3. The highest BCUT2D eigenvalue weighted by Gasteiger charge is 2.36. The number of hydrogen-bond donors (Lipinski definition) is 1. The molecule has 0 spiro atoms. The van der Waals surface area contributed by atoms with E-state index < -0.39 is 10.0 Å². The number of benzene rings is 1. The number of nitrogens with two attached hydrogens (primary N) is 1. The van der Waals surface area contributed by atoms with Crippen LogP contribution in [0.3, 0.4) is 0 Å². The van der Waals surface area contributed by atoms with Crippen molar-refractivity contribution in [2.45, 2.75) is 50.1 Å². The minimum Gasteiger partial charge on any atom is -0.326 e. The molecule has 7 heteroatoms. The Labute approximate surface area is 143 Å². The van der Waals surface area contributed by atoms with Gasteiger partial charge in [-0.05, 0) is 60.3 Å². The number of aryl methyl sites for hydroxylation is 1. The summed E-state index contributed by atoms with van der Waals surface area (Å²) in [7, 11) is -3.55. The van der Waals surface area contributed by atoms with E-state index in [1.54, 1.807) is 10.4 Å². The quantitative estimate of drug-likeness (QED) is 0.784. The molecule has 0 radical (unpaired) electrons. The van der Waals surface area contributed by atoms with Crippen LogP contribution in [0.2, 0.25) is 0 Å². The molecule has 1 aliphatic heterocycles. The monoisotopic (exact) mass is 438 g/mol. The molecule has 21 heavy (non-hydrogen) atoms. The summed E-state index contributed by atoms with van der Waals surface area (Å²) in [6, 6.07) is 3.19. The van der Waals surface area contributed by atoms with E-state index in [1.165, 1.54) is 0 Å². The third-order valence-electron chi connectivity index (χ3n) is 3.91. The number of hydrogen-bond acceptors (Lipinski definition) is 3. The predicted molar refractivity (Wildman–Crippen MR) is 91.8 cm³/mol. The van der Waals surface area contributed by atoms with Gasteiger partial charge in [0.25, 0.3) is 0 Å². The van der Waals surface area contributed by atoms with Crippen molar-refractivity contribution in [3.05, 3.63) is 26.6 Å². The van der Waals surface area contributed by atoms with E-state index in [9.17, 15) is 8.42 Å². The van der Waals surface area contributed by atoms with Crippen molar-refractivity contribution >= 4 is 41.9 Å². The first-order valence-corrected chi connectivity index (χ1v) is 10.0. The van der Waals surface area contributed by atoms with Gasteiger partial charge in [0.2, 0.25) is 10.0 Å². The van der Waals surface area contributed by atoms with E-state index in [0.717, 1.165) is 29.3 Å². The lowest BCUT2D eigenvalue weighted by atomic mass is 10.00. The lowest BCUT2D eigenvalue weighted by Gasteiger charge is -2.37. The first kappa shape index (κ1) is 17.4. The average molecular weight is 440 g/mol. The first-order chi connectivity index (χ1) is 9.75. The van der Waals surface area contributed by atoms with Crippen LogP contribution in [-0.2, 0) is 10.0 Å². The van der Waals surface area contributed by atoms with Gasteiger partial charge in [0.15, 0.2) is 0 Å². The molecule has 2 rings (SSSR count). The van der Waals surface area contributed by atoms with Crippen molar-refractivity contribution in [2.24, 2.45) is 5.73 Å². The molecule has 0 aliphatic carbocycles. The summed E-state index contributed by atoms with van der Waals surface area (Å²) >= 11 is 6.80. The third kappa shape index (κ3) is 3.52. The molecule has 1 aliphatic rings. The Balaban J connectivity index is 2.48. The number of nitrogens with zero attached hydrogens (tertiary/aromatic N) is 1. The molecular formula is C14H20Br2N2O2S. The summed E-state index contributed by atoms with van der Waals surface area (Å²) in [5.41, 5.74) is 6.99. The highest BCUT2D eigenvalue weighted by atomic mass is 79.9. The molecule has 1 heterocycles. The molecule has 1 fully saturated rings. The largest absolute Gasteiger partial charge is 0.326 e. The van der Waals surface area contributed by atoms with Gasteiger partial charge >= 0.3 is 0 Å². The maximum atomic E-state index is 13.0. The minimum absolute atomic E-state index is 0.129. The average Bonchev–Trinajstić information content (AvgIpc) is 2.42. The van der Waals surface area contributed by atoms with Gasteiger partial charge in [0.05, 0.1) is 4.90 Å². The molecule has 0 saturated carbocycles. The third-order valence-corrected chi connectivity index (χ3v) is 7.64. The number of sulfonamides is 1. The van der Waals surface area contributed by atoms with E-state index in [1.807, 2.05) is 19.9 Å². The zero-order valence-electron chi connectivity index (χ0n) is 12.1. The van der Waals surface area contributed by atoms with E-state index in [4.69, 9.17) is 5.73 Å². The van der Waals surface area contributed by atoms with E-state index >= 15 is 0 Å². The fraction of sp³-hybridized carbons (Fsp3) is 0.571. The summed E-state index contributed by atoms with van der Waals surface area (Å²) in [6.07, 6.45) is 2.73. The lowest BCUT2D eigenvalue weighted by molar-refractivity contribution is 0.227. The summed E-state index contributed by atoms with van der Waals surface area (Å²) in [6.45, 7) is 4.34. The Morgan fingerprint density at radius 2 is 1.95 bits per heavy atom. The molecule has 4 nitrogen and oxygen atoms in total. The Hall–Kier alpha value is 0.0500. The van der Waals surface area contributed by atoms with Crippen LogP contribution in [0, 0.1) is 6.92 Å². The van der Waals surface area contributed by atoms with Crippen LogP contribution in [0.25, 0.3) is 0 Å². The van der Waals surface area contributed by atoms with Gasteiger partial charge in [-0.15, -0.1) is 0 Å². The fourth-order valence-electron chi connectivity index (χ4n) is 2.71. The van der Waals surface area contributed by atoms with Crippen molar-refractivity contribution in [3.63, 3.8) is 0 Å². The SMILES string of the molecule is Cc1cc(Br)c(S(=O)(=O)N2CCCCC2C(C)N)cc1Br. The minimum atomic E-state index is -3.55. The van der Waals surface area contributed by atoms with Crippen molar-refractivity contribution in [1.29, 1.82) is 0 Å². The molecule has 2 unspecified atom stereocenters. The lowest BCUT2D eigenvalue weighted by Crippen LogP contribution is -2.51. The van der Waals surface area contributed by atoms with E-state index in [-0.39, 0.29) is 12.1 Å². The summed E-state index contributed by atoms with van der Waals surface area (Å²) in [5, 5.41) is 0. The second-order valence-electron chi connectivity index (χ2n) is 5.57. The molecule has 1 saturated heterocycles. The van der Waals surface area contributed by atoms with Gasteiger partial charge in [0.1, 0.15) is 0 Å². The van der Waals surface area contributed by atoms with Gasteiger partial charge < -0.3 is 5.73 Å². The van der Waals surface area contributed by atoms with Crippen molar-refractivity contribution in [2.75, 3.05) is 6.54 Å². The van der Waals surface area contributed by atoms with Crippen molar-refractivity contribution in [3.8, 4) is 0 Å². The molecule has 1 aromatic carbocycles. The van der Waals surface area contributed by atoms with Crippen LogP contribution in [0.4, 0.5) is 0 Å². The van der Waals surface area contributed by atoms with Crippen molar-refractivity contribution < 1.29 is 8.42 Å². The van der Waals surface area contributed by atoms with Crippen LogP contribution in [0.1, 0.15) is 31.7 Å². The highest BCUT2D eigenvalue weighted by molar-refractivity contribution is 9.11. The Morgan fingerprint density at radius 3 is 2.57 bits per heavy atom. The number of halogens is 2. The summed E-state index contributed by atoms with van der Waals surface area (Å²) in [4.78, 5) is 0.299. The molecule has 118 valence electrons. The van der Waals surface area contributed by atoms with Gasteiger partial charge in [0, 0.05) is 27.6 Å². The Kier molecular flexibility index (Phi) is 5.52. The summed E-state index contributed by atoms with van der Waals surface area (Å²) in [5.74, 6) is 0. The van der Waals surface area contributed by atoms with Crippen LogP contribution in [0.5, 0.6) is 0 Å². The second-order valence-corrected chi connectivity index (χ2v) is 9.14. The van der Waals surface area contributed by atoms with Crippen LogP contribution >= 0.6 is 31.9 Å². The molecule has 2 atom stereocenters. The van der Waals surface area contributed by atoms with Crippen LogP contribution < -0.4 is 5.73 Å². The van der Waals surface area contributed by atoms with Gasteiger partial charge in [-0.1, -0.05) is 22.4 Å². The summed E-state index contributed by atoms with van der Waals surface area (Å²) < 4.78 is 29.0. The predicted octanol–water partition coefficient (Wildman–Crippen LogP) is 3.41. The topological polar surface area (TPSA) is 63.4 Å². The van der Waals surface area contributed by atoms with Gasteiger partial charge in [-0.2, -0.15) is 4.31 Å². The molecular weight excluding hydrogens is 420 g/mol. The highest BCUT2D eigenvalue weighted by Crippen LogP contribution is 2.33. The fourth-order valence-corrected chi connectivity index (χ4v) is 6.12. The van der Waals surface area contributed by atoms with E-state index in [0.29, 0.717) is 15.9 Å². The van der Waals surface area contributed by atoms with E-state index in [2.05, 4.69) is 31.9 Å². The zero-order chi connectivity index (χ0) is 15.8. The molecule has 2 N–H and O–H groups in total.